The average Bonchev–Trinajstić information content (AvgIpc) is 2.75. The predicted octanol–water partition coefficient (Wildman–Crippen LogP) is 2.22. The van der Waals surface area contributed by atoms with Crippen molar-refractivity contribution in [2.24, 2.45) is 0 Å². The summed E-state index contributed by atoms with van der Waals surface area (Å²) in [6.07, 6.45) is 1.38. The van der Waals surface area contributed by atoms with Gasteiger partial charge >= 0.3 is 0 Å². The van der Waals surface area contributed by atoms with Crippen LogP contribution in [0.2, 0.25) is 0 Å². The molecule has 1 rings (SSSR count). The summed E-state index contributed by atoms with van der Waals surface area (Å²) in [6, 6.07) is 5.91. The number of non-ortho nitro benzene ring substituents is 1. The molecule has 170 valence electrons. The highest BCUT2D eigenvalue weighted by atomic mass is 16.6. The molecule has 0 bridgehead atoms. The van der Waals surface area contributed by atoms with Crippen LogP contribution in [0.3, 0.4) is 0 Å². The SMILES string of the molecule is C=COCCOCCOCCOCCOCCOCCOc1ccc([N+](=O)[O-])cc1. The van der Waals surface area contributed by atoms with Crippen LogP contribution in [0.25, 0.3) is 0 Å². The molecule has 1 aromatic carbocycles. The van der Waals surface area contributed by atoms with Gasteiger partial charge in [0.25, 0.3) is 5.69 Å². The van der Waals surface area contributed by atoms with Crippen LogP contribution in [-0.2, 0) is 28.4 Å². The fraction of sp³-hybridized carbons (Fsp3) is 0.600. The van der Waals surface area contributed by atoms with Gasteiger partial charge in [0.1, 0.15) is 19.0 Å². The maximum Gasteiger partial charge on any atom is 0.269 e. The van der Waals surface area contributed by atoms with Crippen LogP contribution < -0.4 is 4.74 Å². The van der Waals surface area contributed by atoms with Crippen molar-refractivity contribution in [2.45, 2.75) is 0 Å². The third kappa shape index (κ3) is 14.7. The summed E-state index contributed by atoms with van der Waals surface area (Å²) in [5, 5.41) is 10.6. The van der Waals surface area contributed by atoms with Crippen LogP contribution in [0, 0.1) is 10.1 Å². The van der Waals surface area contributed by atoms with Gasteiger partial charge in [0.15, 0.2) is 0 Å². The van der Waals surface area contributed by atoms with Gasteiger partial charge in [-0.1, -0.05) is 6.58 Å². The second kappa shape index (κ2) is 18.8. The summed E-state index contributed by atoms with van der Waals surface area (Å²) in [4.78, 5) is 10.1. The lowest BCUT2D eigenvalue weighted by Gasteiger charge is -2.08. The Morgan fingerprint density at radius 2 is 1.10 bits per heavy atom. The molecule has 0 spiro atoms. The van der Waals surface area contributed by atoms with Gasteiger partial charge in [0, 0.05) is 12.1 Å². The molecule has 0 aliphatic rings. The first kappa shape index (κ1) is 25.8. The van der Waals surface area contributed by atoms with Crippen LogP contribution in [-0.4, -0.2) is 84.2 Å². The van der Waals surface area contributed by atoms with E-state index in [9.17, 15) is 10.1 Å². The second-order valence-corrected chi connectivity index (χ2v) is 5.70. The van der Waals surface area contributed by atoms with Gasteiger partial charge in [-0.15, -0.1) is 0 Å². The van der Waals surface area contributed by atoms with Crippen molar-refractivity contribution in [3.05, 3.63) is 47.2 Å². The lowest BCUT2D eigenvalue weighted by molar-refractivity contribution is -0.384. The van der Waals surface area contributed by atoms with E-state index in [0.717, 1.165) is 0 Å². The molecule has 0 heterocycles. The summed E-state index contributed by atoms with van der Waals surface area (Å²) in [6.45, 7) is 9.12. The molecular formula is C20H31NO9. The van der Waals surface area contributed by atoms with Crippen LogP contribution in [0.1, 0.15) is 0 Å². The standard InChI is InChI=1S/C20H31NO9/c1-2-24-7-8-25-9-10-26-11-12-27-13-14-28-15-16-29-17-18-30-20-5-3-19(4-6-20)21(22)23/h2-6H,1,7-18H2. The van der Waals surface area contributed by atoms with E-state index >= 15 is 0 Å². The van der Waals surface area contributed by atoms with Crippen molar-refractivity contribution in [3.8, 4) is 5.75 Å². The van der Waals surface area contributed by atoms with Gasteiger partial charge in [0.2, 0.25) is 0 Å². The minimum Gasteiger partial charge on any atom is -0.499 e. The molecule has 0 aliphatic heterocycles. The smallest absolute Gasteiger partial charge is 0.269 e. The summed E-state index contributed by atoms with van der Waals surface area (Å²) in [5.41, 5.74) is 0.0308. The molecule has 0 atom stereocenters. The topological polar surface area (TPSA) is 108 Å². The van der Waals surface area contributed by atoms with Crippen LogP contribution in [0.5, 0.6) is 5.75 Å². The minimum atomic E-state index is -0.452. The summed E-state index contributed by atoms with van der Waals surface area (Å²) < 4.78 is 37.2. The molecule has 30 heavy (non-hydrogen) atoms. The van der Waals surface area contributed by atoms with Gasteiger partial charge in [-0.3, -0.25) is 10.1 Å². The van der Waals surface area contributed by atoms with Gasteiger partial charge < -0.3 is 33.2 Å². The third-order valence-corrected chi connectivity index (χ3v) is 3.50. The van der Waals surface area contributed by atoms with E-state index in [1.165, 1.54) is 18.4 Å². The first-order chi connectivity index (χ1) is 14.7. The first-order valence-corrected chi connectivity index (χ1v) is 9.72. The van der Waals surface area contributed by atoms with Crippen LogP contribution in [0.15, 0.2) is 37.1 Å². The number of nitrogens with zero attached hydrogens (tertiary/aromatic N) is 1. The molecular weight excluding hydrogens is 398 g/mol. The summed E-state index contributed by atoms with van der Waals surface area (Å²) in [7, 11) is 0. The largest absolute Gasteiger partial charge is 0.499 e. The van der Waals surface area contributed by atoms with Gasteiger partial charge in [-0.25, -0.2) is 0 Å². The Morgan fingerprint density at radius 3 is 1.50 bits per heavy atom. The van der Waals surface area contributed by atoms with Crippen LogP contribution in [0.4, 0.5) is 5.69 Å². The Kier molecular flexibility index (Phi) is 16.1. The molecule has 0 radical (unpaired) electrons. The van der Waals surface area contributed by atoms with E-state index in [0.29, 0.717) is 85.0 Å². The number of nitro benzene ring substituents is 1. The van der Waals surface area contributed by atoms with Crippen molar-refractivity contribution >= 4 is 5.69 Å². The molecule has 0 saturated carbocycles. The quantitative estimate of drug-likeness (QED) is 0.126. The average molecular weight is 429 g/mol. The number of nitro groups is 1. The number of ether oxygens (including phenoxy) is 7. The Hall–Kier alpha value is -2.24. The van der Waals surface area contributed by atoms with Gasteiger partial charge in [0.05, 0.1) is 77.3 Å². The van der Waals surface area contributed by atoms with E-state index in [2.05, 4.69) is 6.58 Å². The molecule has 0 amide bonds. The number of benzene rings is 1. The lowest BCUT2D eigenvalue weighted by Crippen LogP contribution is -2.14. The minimum absolute atomic E-state index is 0.0308. The zero-order valence-electron chi connectivity index (χ0n) is 17.2. The lowest BCUT2D eigenvalue weighted by atomic mass is 10.3. The summed E-state index contributed by atoms with van der Waals surface area (Å²) >= 11 is 0. The van der Waals surface area contributed by atoms with E-state index in [4.69, 9.17) is 33.2 Å². The van der Waals surface area contributed by atoms with Gasteiger partial charge in [-0.05, 0) is 12.1 Å². The normalized spacial score (nSPS) is 10.7. The van der Waals surface area contributed by atoms with E-state index in [-0.39, 0.29) is 5.69 Å². The number of hydrogen-bond acceptors (Lipinski definition) is 9. The highest BCUT2D eigenvalue weighted by Gasteiger charge is 2.04. The van der Waals surface area contributed by atoms with Crippen molar-refractivity contribution in [2.75, 3.05) is 79.3 Å². The molecule has 0 aromatic heterocycles. The van der Waals surface area contributed by atoms with Crippen molar-refractivity contribution in [1.82, 2.24) is 0 Å². The molecule has 1 aromatic rings. The molecule has 0 N–H and O–H groups in total. The molecule has 0 saturated heterocycles. The highest BCUT2D eigenvalue weighted by molar-refractivity contribution is 5.35. The Bertz CT molecular complexity index is 554. The fourth-order valence-corrected chi connectivity index (χ4v) is 2.05. The summed E-state index contributed by atoms with van der Waals surface area (Å²) in [5.74, 6) is 0.562. The van der Waals surface area contributed by atoms with E-state index in [1.54, 1.807) is 12.1 Å². The number of hydrogen-bond donors (Lipinski definition) is 0. The Morgan fingerprint density at radius 1 is 0.700 bits per heavy atom. The van der Waals surface area contributed by atoms with E-state index in [1.807, 2.05) is 0 Å². The van der Waals surface area contributed by atoms with Crippen molar-refractivity contribution in [3.63, 3.8) is 0 Å². The monoisotopic (exact) mass is 429 g/mol. The molecule has 0 fully saturated rings. The van der Waals surface area contributed by atoms with E-state index < -0.39 is 4.92 Å². The highest BCUT2D eigenvalue weighted by Crippen LogP contribution is 2.16. The Labute approximate surface area is 176 Å². The molecule has 0 aliphatic carbocycles. The predicted molar refractivity (Wildman–Crippen MR) is 109 cm³/mol. The second-order valence-electron chi connectivity index (χ2n) is 5.70. The molecule has 10 heteroatoms. The Balaban J connectivity index is 1.76. The van der Waals surface area contributed by atoms with Gasteiger partial charge in [-0.2, -0.15) is 0 Å². The zero-order valence-corrected chi connectivity index (χ0v) is 17.2. The van der Waals surface area contributed by atoms with Crippen molar-refractivity contribution < 1.29 is 38.1 Å². The third-order valence-electron chi connectivity index (χ3n) is 3.50. The maximum atomic E-state index is 10.6. The fourth-order valence-electron chi connectivity index (χ4n) is 2.05. The molecule has 0 unspecified atom stereocenters. The zero-order chi connectivity index (χ0) is 21.7. The maximum absolute atomic E-state index is 10.6. The number of rotatable bonds is 21. The van der Waals surface area contributed by atoms with Crippen LogP contribution >= 0.6 is 0 Å². The molecule has 10 nitrogen and oxygen atoms in total. The van der Waals surface area contributed by atoms with Crippen molar-refractivity contribution in [1.29, 1.82) is 0 Å². The first-order valence-electron chi connectivity index (χ1n) is 9.72.